The third-order valence-corrected chi connectivity index (χ3v) is 3.70. The van der Waals surface area contributed by atoms with Crippen molar-refractivity contribution in [1.82, 2.24) is 0 Å². The number of benzene rings is 1. The SMILES string of the molecule is CC1=CCC(OS(N)(=O)=O)(C(=O)OCc2ccccc2)C=C1. The minimum atomic E-state index is -4.31. The van der Waals surface area contributed by atoms with Crippen LogP contribution in [0.15, 0.2) is 54.1 Å². The highest BCUT2D eigenvalue weighted by Gasteiger charge is 2.43. The Labute approximate surface area is 129 Å². The van der Waals surface area contributed by atoms with Gasteiger partial charge in [-0.05, 0) is 18.6 Å². The molecule has 0 aromatic heterocycles. The van der Waals surface area contributed by atoms with Gasteiger partial charge in [-0.2, -0.15) is 8.42 Å². The maximum atomic E-state index is 12.3. The van der Waals surface area contributed by atoms with Crippen molar-refractivity contribution in [2.75, 3.05) is 0 Å². The predicted octanol–water partition coefficient (Wildman–Crippen LogP) is 1.59. The van der Waals surface area contributed by atoms with E-state index in [1.54, 1.807) is 24.3 Å². The summed E-state index contributed by atoms with van der Waals surface area (Å²) in [4.78, 5) is 12.3. The number of rotatable bonds is 5. The van der Waals surface area contributed by atoms with E-state index in [-0.39, 0.29) is 13.0 Å². The van der Waals surface area contributed by atoms with E-state index in [0.29, 0.717) is 0 Å². The topological polar surface area (TPSA) is 95.7 Å². The van der Waals surface area contributed by atoms with Crippen molar-refractivity contribution >= 4 is 16.3 Å². The van der Waals surface area contributed by atoms with Crippen LogP contribution in [-0.4, -0.2) is 20.0 Å². The lowest BCUT2D eigenvalue weighted by Gasteiger charge is -2.28. The molecule has 118 valence electrons. The highest BCUT2D eigenvalue weighted by atomic mass is 32.2. The molecule has 1 aromatic carbocycles. The van der Waals surface area contributed by atoms with Crippen LogP contribution in [0, 0.1) is 0 Å². The summed E-state index contributed by atoms with van der Waals surface area (Å²) < 4.78 is 32.5. The summed E-state index contributed by atoms with van der Waals surface area (Å²) in [5, 5.41) is 4.92. The van der Waals surface area contributed by atoms with Crippen molar-refractivity contribution < 1.29 is 22.1 Å². The van der Waals surface area contributed by atoms with Gasteiger partial charge < -0.3 is 4.74 Å². The molecule has 1 aliphatic rings. The molecule has 0 heterocycles. The highest BCUT2D eigenvalue weighted by molar-refractivity contribution is 7.84. The third-order valence-electron chi connectivity index (χ3n) is 3.17. The number of hydrogen-bond donors (Lipinski definition) is 1. The van der Waals surface area contributed by atoms with Gasteiger partial charge in [-0.1, -0.05) is 48.1 Å². The number of ether oxygens (including phenoxy) is 1. The van der Waals surface area contributed by atoms with E-state index < -0.39 is 21.9 Å². The molecular formula is C15H17NO5S. The maximum absolute atomic E-state index is 12.3. The number of nitrogens with two attached hydrogens (primary N) is 1. The summed E-state index contributed by atoms with van der Waals surface area (Å²) >= 11 is 0. The first kappa shape index (κ1) is 16.4. The largest absolute Gasteiger partial charge is 0.458 e. The lowest BCUT2D eigenvalue weighted by molar-refractivity contribution is -0.159. The highest BCUT2D eigenvalue weighted by Crippen LogP contribution is 2.28. The standard InChI is InChI=1S/C15H17NO5S/c1-12-7-9-15(10-8-12,21-22(16,18)19)14(17)20-11-13-5-3-2-4-6-13/h2-9H,10-11H2,1H3,(H2,16,18,19). The Morgan fingerprint density at radius 2 is 2.00 bits per heavy atom. The second-order valence-electron chi connectivity index (χ2n) is 5.01. The molecule has 7 heteroatoms. The van der Waals surface area contributed by atoms with Gasteiger partial charge in [0.1, 0.15) is 6.61 Å². The molecule has 0 radical (unpaired) electrons. The van der Waals surface area contributed by atoms with Gasteiger partial charge in [0, 0.05) is 6.42 Å². The first-order valence-electron chi connectivity index (χ1n) is 6.61. The van der Waals surface area contributed by atoms with Crippen LogP contribution < -0.4 is 5.14 Å². The minimum Gasteiger partial charge on any atom is -0.458 e. The van der Waals surface area contributed by atoms with Crippen LogP contribution >= 0.6 is 0 Å². The van der Waals surface area contributed by atoms with E-state index in [2.05, 4.69) is 0 Å². The van der Waals surface area contributed by atoms with E-state index in [4.69, 9.17) is 14.1 Å². The average molecular weight is 323 g/mol. The Balaban J connectivity index is 2.15. The van der Waals surface area contributed by atoms with Crippen molar-refractivity contribution in [2.45, 2.75) is 25.6 Å². The fraction of sp³-hybridized carbons (Fsp3) is 0.267. The summed E-state index contributed by atoms with van der Waals surface area (Å²) in [5.41, 5.74) is -0.0698. The number of carbonyl (C=O) groups excluding carboxylic acids is 1. The van der Waals surface area contributed by atoms with Crippen LogP contribution in [0.5, 0.6) is 0 Å². The van der Waals surface area contributed by atoms with Crippen molar-refractivity contribution in [3.63, 3.8) is 0 Å². The monoisotopic (exact) mass is 323 g/mol. The van der Waals surface area contributed by atoms with Crippen LogP contribution in [0.1, 0.15) is 18.9 Å². The van der Waals surface area contributed by atoms with Gasteiger partial charge in [-0.15, -0.1) is 0 Å². The van der Waals surface area contributed by atoms with Crippen molar-refractivity contribution in [1.29, 1.82) is 0 Å². The number of hydrogen-bond acceptors (Lipinski definition) is 5. The van der Waals surface area contributed by atoms with Gasteiger partial charge in [-0.25, -0.2) is 14.1 Å². The number of carbonyl (C=O) groups is 1. The first-order valence-corrected chi connectivity index (χ1v) is 8.08. The molecule has 1 aliphatic carbocycles. The molecule has 0 bridgehead atoms. The molecule has 22 heavy (non-hydrogen) atoms. The summed E-state index contributed by atoms with van der Waals surface area (Å²) in [6, 6.07) is 9.05. The van der Waals surface area contributed by atoms with Gasteiger partial charge in [0.2, 0.25) is 5.60 Å². The Hall–Kier alpha value is -1.96. The van der Waals surface area contributed by atoms with Gasteiger partial charge in [0.05, 0.1) is 0 Å². The van der Waals surface area contributed by atoms with Gasteiger partial charge in [0.15, 0.2) is 0 Å². The summed E-state index contributed by atoms with van der Waals surface area (Å²) in [5.74, 6) is -0.801. The lowest BCUT2D eigenvalue weighted by Crippen LogP contribution is -2.45. The minimum absolute atomic E-state index is 0.0198. The quantitative estimate of drug-likeness (QED) is 0.830. The smallest absolute Gasteiger partial charge is 0.344 e. The fourth-order valence-corrected chi connectivity index (χ4v) is 2.62. The molecule has 2 rings (SSSR count). The molecule has 1 aromatic rings. The molecule has 0 saturated carbocycles. The molecule has 0 amide bonds. The van der Waals surface area contributed by atoms with E-state index in [0.717, 1.165) is 11.1 Å². The predicted molar refractivity (Wildman–Crippen MR) is 80.7 cm³/mol. The fourth-order valence-electron chi connectivity index (χ4n) is 2.01. The number of allylic oxidation sites excluding steroid dienone is 2. The van der Waals surface area contributed by atoms with Crippen LogP contribution in [-0.2, 0) is 30.6 Å². The summed E-state index contributed by atoms with van der Waals surface area (Å²) in [6.07, 6.45) is 4.69. The Morgan fingerprint density at radius 1 is 1.32 bits per heavy atom. The van der Waals surface area contributed by atoms with Gasteiger partial charge >= 0.3 is 16.3 Å². The maximum Gasteiger partial charge on any atom is 0.344 e. The van der Waals surface area contributed by atoms with Crippen molar-refractivity contribution in [3.05, 3.63) is 59.7 Å². The molecular weight excluding hydrogens is 306 g/mol. The zero-order valence-electron chi connectivity index (χ0n) is 12.1. The zero-order valence-corrected chi connectivity index (χ0v) is 12.9. The molecule has 1 unspecified atom stereocenters. The molecule has 0 saturated heterocycles. The van der Waals surface area contributed by atoms with E-state index >= 15 is 0 Å². The molecule has 0 spiro atoms. The Kier molecular flexibility index (Phi) is 4.80. The third kappa shape index (κ3) is 4.27. The molecule has 0 fully saturated rings. The molecule has 2 N–H and O–H groups in total. The molecule has 1 atom stereocenters. The van der Waals surface area contributed by atoms with Gasteiger partial charge in [-0.3, -0.25) is 0 Å². The second kappa shape index (κ2) is 6.43. The van der Waals surface area contributed by atoms with Gasteiger partial charge in [0.25, 0.3) is 0 Å². The summed E-state index contributed by atoms with van der Waals surface area (Å²) in [6.45, 7) is 1.85. The van der Waals surface area contributed by atoms with Crippen LogP contribution in [0.4, 0.5) is 0 Å². The normalized spacial score (nSPS) is 21.3. The first-order chi connectivity index (χ1) is 10.3. The van der Waals surface area contributed by atoms with E-state index in [1.165, 1.54) is 6.08 Å². The number of esters is 1. The Morgan fingerprint density at radius 3 is 2.55 bits per heavy atom. The van der Waals surface area contributed by atoms with Crippen LogP contribution in [0.25, 0.3) is 0 Å². The Bertz CT molecular complexity index is 709. The van der Waals surface area contributed by atoms with Crippen LogP contribution in [0.2, 0.25) is 0 Å². The second-order valence-corrected chi connectivity index (χ2v) is 6.17. The average Bonchev–Trinajstić information content (AvgIpc) is 2.47. The van der Waals surface area contributed by atoms with E-state index in [1.807, 2.05) is 25.1 Å². The zero-order chi connectivity index (χ0) is 16.2. The van der Waals surface area contributed by atoms with Crippen LogP contribution in [0.3, 0.4) is 0 Å². The summed E-state index contributed by atoms with van der Waals surface area (Å²) in [7, 11) is -4.31. The van der Waals surface area contributed by atoms with Crippen molar-refractivity contribution in [3.8, 4) is 0 Å². The molecule has 0 aliphatic heterocycles. The lowest BCUT2D eigenvalue weighted by atomic mass is 9.93. The molecule has 6 nitrogen and oxygen atoms in total. The van der Waals surface area contributed by atoms with Crippen molar-refractivity contribution in [2.24, 2.45) is 5.14 Å². The van der Waals surface area contributed by atoms with E-state index in [9.17, 15) is 13.2 Å².